The van der Waals surface area contributed by atoms with E-state index in [-0.39, 0.29) is 30.9 Å². The van der Waals surface area contributed by atoms with Gasteiger partial charge < -0.3 is 14.2 Å². The molecule has 0 amide bonds. The molecule has 0 radical (unpaired) electrons. The molecule has 0 saturated carbocycles. The number of esters is 1. The molecule has 5 nitrogen and oxygen atoms in total. The average molecular weight is 367 g/mol. The lowest BCUT2D eigenvalue weighted by Crippen LogP contribution is -2.42. The van der Waals surface area contributed by atoms with Crippen molar-refractivity contribution >= 4 is 22.3 Å². The van der Waals surface area contributed by atoms with Crippen LogP contribution < -0.4 is 0 Å². The Balaban J connectivity index is 1.78. The van der Waals surface area contributed by atoms with E-state index in [0.29, 0.717) is 0 Å². The minimum absolute atomic E-state index is 0.000439. The molecule has 0 N–H and O–H groups in total. The summed E-state index contributed by atoms with van der Waals surface area (Å²) in [5.41, 5.74) is 2.92. The van der Waals surface area contributed by atoms with E-state index in [1.807, 2.05) is 12.1 Å². The van der Waals surface area contributed by atoms with Crippen LogP contribution in [-0.4, -0.2) is 57.1 Å². The van der Waals surface area contributed by atoms with Crippen molar-refractivity contribution < 1.29 is 19.0 Å². The van der Waals surface area contributed by atoms with E-state index in [4.69, 9.17) is 14.2 Å². The Morgan fingerprint density at radius 2 is 1.93 bits per heavy atom. The molecular formula is C22H25NO4. The van der Waals surface area contributed by atoms with Gasteiger partial charge in [0.2, 0.25) is 0 Å². The molecule has 3 unspecified atom stereocenters. The third kappa shape index (κ3) is 3.16. The van der Waals surface area contributed by atoms with Crippen LogP contribution in [0.1, 0.15) is 18.4 Å². The van der Waals surface area contributed by atoms with Crippen LogP contribution in [0.2, 0.25) is 0 Å². The first-order valence-electron chi connectivity index (χ1n) is 9.27. The fourth-order valence-corrected chi connectivity index (χ4v) is 4.51. The molecule has 2 heterocycles. The summed E-state index contributed by atoms with van der Waals surface area (Å²) in [7, 11) is 5.14. The fourth-order valence-electron chi connectivity index (χ4n) is 4.51. The Bertz CT molecular complexity index is 891. The van der Waals surface area contributed by atoms with Gasteiger partial charge in [0, 0.05) is 19.2 Å². The van der Waals surface area contributed by atoms with Gasteiger partial charge in [-0.05, 0) is 47.9 Å². The lowest BCUT2D eigenvalue weighted by atomic mass is 9.87. The molecule has 1 saturated heterocycles. The number of fused-ring (bicyclic) bond motifs is 3. The number of carbonyl (C=O) groups is 1. The second-order valence-electron chi connectivity index (χ2n) is 7.25. The van der Waals surface area contributed by atoms with Crippen molar-refractivity contribution in [2.24, 2.45) is 0 Å². The van der Waals surface area contributed by atoms with Gasteiger partial charge in [0.25, 0.3) is 0 Å². The van der Waals surface area contributed by atoms with Crippen molar-refractivity contribution in [1.29, 1.82) is 0 Å². The van der Waals surface area contributed by atoms with E-state index >= 15 is 0 Å². The number of likely N-dealkylation sites (N-methyl/N-ethyl adjacent to an activating group) is 1. The Labute approximate surface area is 159 Å². The van der Waals surface area contributed by atoms with Crippen molar-refractivity contribution in [3.63, 3.8) is 0 Å². The van der Waals surface area contributed by atoms with Crippen LogP contribution in [0.25, 0.3) is 16.3 Å². The monoisotopic (exact) mass is 367 g/mol. The first-order valence-corrected chi connectivity index (χ1v) is 9.27. The fraction of sp³-hybridized carbons (Fsp3) is 0.409. The summed E-state index contributed by atoms with van der Waals surface area (Å²) in [5, 5.41) is 2.36. The largest absolute Gasteiger partial charge is 0.466 e. The highest BCUT2D eigenvalue weighted by atomic mass is 16.7. The van der Waals surface area contributed by atoms with Gasteiger partial charge in [0.15, 0.2) is 0 Å². The number of carbonyl (C=O) groups excluding carboxylic acids is 1. The summed E-state index contributed by atoms with van der Waals surface area (Å²) in [4.78, 5) is 14.9. The maximum atomic E-state index is 12.7. The first-order chi connectivity index (χ1) is 13.1. The van der Waals surface area contributed by atoms with Crippen molar-refractivity contribution in [2.45, 2.75) is 31.0 Å². The van der Waals surface area contributed by atoms with Gasteiger partial charge in [0.1, 0.15) is 6.79 Å². The van der Waals surface area contributed by atoms with Crippen LogP contribution in [-0.2, 0) is 19.0 Å². The van der Waals surface area contributed by atoms with E-state index in [1.54, 1.807) is 7.11 Å². The zero-order valence-electron chi connectivity index (χ0n) is 16.0. The second kappa shape index (κ2) is 7.43. The molecular weight excluding hydrogens is 342 g/mol. The van der Waals surface area contributed by atoms with Crippen molar-refractivity contribution in [3.05, 3.63) is 53.6 Å². The summed E-state index contributed by atoms with van der Waals surface area (Å²) in [6.45, 7) is 0.264. The standard InChI is InChI=1S/C22H25NO4/c1-23-18-11-17(16-9-8-14-6-4-5-7-15(14)10-16)21(22(24)26-3)19(23)12-20(18)27-13-25-2/h4-10,18-20H,11-13H2,1-3H3. The molecule has 5 heteroatoms. The molecule has 4 rings (SSSR count). The first kappa shape index (κ1) is 18.2. The summed E-state index contributed by atoms with van der Waals surface area (Å²) < 4.78 is 16.2. The zero-order valence-corrected chi connectivity index (χ0v) is 16.0. The molecule has 2 aromatic rings. The maximum absolute atomic E-state index is 12.7. The van der Waals surface area contributed by atoms with Gasteiger partial charge in [-0.2, -0.15) is 0 Å². The molecule has 2 aliphatic heterocycles. The molecule has 2 aliphatic rings. The van der Waals surface area contributed by atoms with E-state index in [9.17, 15) is 4.79 Å². The zero-order chi connectivity index (χ0) is 19.0. The van der Waals surface area contributed by atoms with Crippen LogP contribution >= 0.6 is 0 Å². The number of hydrogen-bond acceptors (Lipinski definition) is 5. The summed E-state index contributed by atoms with van der Waals surface area (Å²) >= 11 is 0. The van der Waals surface area contributed by atoms with E-state index in [2.05, 4.69) is 42.3 Å². The summed E-state index contributed by atoms with van der Waals surface area (Å²) in [5.74, 6) is -0.249. The normalized spacial score (nSPS) is 25.2. The maximum Gasteiger partial charge on any atom is 0.335 e. The van der Waals surface area contributed by atoms with Gasteiger partial charge in [-0.1, -0.05) is 36.4 Å². The Hall–Kier alpha value is -2.21. The van der Waals surface area contributed by atoms with Gasteiger partial charge >= 0.3 is 5.97 Å². The number of ether oxygens (including phenoxy) is 3. The summed E-state index contributed by atoms with van der Waals surface area (Å²) in [6, 6.07) is 14.9. The number of benzene rings is 2. The Morgan fingerprint density at radius 1 is 1.15 bits per heavy atom. The predicted octanol–water partition coefficient (Wildman–Crippen LogP) is 3.23. The van der Waals surface area contributed by atoms with Crippen LogP contribution in [0.4, 0.5) is 0 Å². The minimum atomic E-state index is -0.249. The van der Waals surface area contributed by atoms with Gasteiger partial charge in [-0.3, -0.25) is 4.90 Å². The molecule has 2 aromatic carbocycles. The third-order valence-electron chi connectivity index (χ3n) is 5.87. The Kier molecular flexibility index (Phi) is 5.00. The third-order valence-corrected chi connectivity index (χ3v) is 5.87. The Morgan fingerprint density at radius 3 is 2.67 bits per heavy atom. The highest BCUT2D eigenvalue weighted by Crippen LogP contribution is 2.44. The molecule has 0 aromatic heterocycles. The lowest BCUT2D eigenvalue weighted by molar-refractivity contribution is -0.136. The van der Waals surface area contributed by atoms with Gasteiger partial charge in [-0.15, -0.1) is 0 Å². The molecule has 1 fully saturated rings. The van der Waals surface area contributed by atoms with Crippen LogP contribution in [0.5, 0.6) is 0 Å². The van der Waals surface area contributed by atoms with Gasteiger partial charge in [0.05, 0.1) is 18.8 Å². The van der Waals surface area contributed by atoms with Crippen molar-refractivity contribution in [3.8, 4) is 0 Å². The number of rotatable bonds is 5. The van der Waals surface area contributed by atoms with E-state index in [0.717, 1.165) is 29.6 Å². The van der Waals surface area contributed by atoms with Crippen molar-refractivity contribution in [2.75, 3.05) is 28.1 Å². The molecule has 0 spiro atoms. The van der Waals surface area contributed by atoms with Crippen LogP contribution in [0.3, 0.4) is 0 Å². The molecule has 3 atom stereocenters. The van der Waals surface area contributed by atoms with E-state index < -0.39 is 0 Å². The smallest absolute Gasteiger partial charge is 0.335 e. The second-order valence-corrected chi connectivity index (χ2v) is 7.25. The number of methoxy groups -OCH3 is 2. The highest BCUT2D eigenvalue weighted by molar-refractivity contribution is 6.01. The molecule has 142 valence electrons. The molecule has 2 bridgehead atoms. The average Bonchev–Trinajstić information content (AvgIpc) is 2.89. The number of hydrogen-bond donors (Lipinski definition) is 0. The van der Waals surface area contributed by atoms with Crippen molar-refractivity contribution in [1.82, 2.24) is 4.90 Å². The summed E-state index contributed by atoms with van der Waals surface area (Å²) in [6.07, 6.45) is 1.56. The van der Waals surface area contributed by atoms with Crippen LogP contribution in [0, 0.1) is 0 Å². The predicted molar refractivity (Wildman–Crippen MR) is 104 cm³/mol. The highest BCUT2D eigenvalue weighted by Gasteiger charge is 2.48. The van der Waals surface area contributed by atoms with E-state index in [1.165, 1.54) is 17.9 Å². The SMILES string of the molecule is COCOC1CC2C(C(=O)OC)=C(c3ccc4ccccc4c3)CC1N2C. The molecule has 27 heavy (non-hydrogen) atoms. The molecule has 0 aliphatic carbocycles. The number of nitrogens with zero attached hydrogens (tertiary/aromatic N) is 1. The quantitative estimate of drug-likeness (QED) is 0.600. The van der Waals surface area contributed by atoms with Crippen LogP contribution in [0.15, 0.2) is 48.0 Å². The van der Waals surface area contributed by atoms with Gasteiger partial charge in [-0.25, -0.2) is 4.79 Å². The topological polar surface area (TPSA) is 48.0 Å². The minimum Gasteiger partial charge on any atom is -0.466 e. The lowest BCUT2D eigenvalue weighted by Gasteiger charge is -2.35.